The first-order valence-corrected chi connectivity index (χ1v) is 13.7. The van der Waals surface area contributed by atoms with Crippen LogP contribution in [0.25, 0.3) is 0 Å². The summed E-state index contributed by atoms with van der Waals surface area (Å²) in [6, 6.07) is 14.3. The first kappa shape index (κ1) is 27.6. The number of fused-ring (bicyclic) bond motifs is 1. The minimum Gasteiger partial charge on any atom is -0.475 e. The fourth-order valence-corrected chi connectivity index (χ4v) is 5.94. The quantitative estimate of drug-likeness (QED) is 0.361. The largest absolute Gasteiger partial charge is 0.475 e. The lowest BCUT2D eigenvalue weighted by Crippen LogP contribution is -2.53. The number of piperidine rings is 1. The van der Waals surface area contributed by atoms with E-state index in [0.29, 0.717) is 29.0 Å². The van der Waals surface area contributed by atoms with Gasteiger partial charge in [0.15, 0.2) is 5.88 Å². The van der Waals surface area contributed by atoms with Crippen LogP contribution in [0.5, 0.6) is 0 Å². The molecule has 35 heavy (non-hydrogen) atoms. The summed E-state index contributed by atoms with van der Waals surface area (Å²) in [5, 5.41) is 15.4. The number of nitrogens with zero attached hydrogens (tertiary/aromatic N) is 1. The van der Waals surface area contributed by atoms with Gasteiger partial charge < -0.3 is 15.2 Å². The van der Waals surface area contributed by atoms with E-state index in [9.17, 15) is 5.11 Å². The van der Waals surface area contributed by atoms with Crippen molar-refractivity contribution in [1.82, 2.24) is 4.90 Å². The van der Waals surface area contributed by atoms with E-state index in [4.69, 9.17) is 16.3 Å². The highest BCUT2D eigenvalue weighted by Gasteiger charge is 2.44. The zero-order valence-corrected chi connectivity index (χ0v) is 22.7. The van der Waals surface area contributed by atoms with Crippen LogP contribution in [-0.4, -0.2) is 22.6 Å². The second-order valence-corrected chi connectivity index (χ2v) is 10.2. The highest BCUT2D eigenvalue weighted by molar-refractivity contribution is 6.31. The number of hydrogen-bond donors (Lipinski definition) is 2. The topological polar surface area (TPSA) is 44.7 Å². The number of nitrogens with one attached hydrogen (secondary N) is 1. The monoisotopic (exact) mass is 498 g/mol. The van der Waals surface area contributed by atoms with Gasteiger partial charge in [-0.1, -0.05) is 76.4 Å². The van der Waals surface area contributed by atoms with Gasteiger partial charge in [0.05, 0.1) is 0 Å². The van der Waals surface area contributed by atoms with Crippen LogP contribution >= 0.6 is 11.6 Å². The first-order chi connectivity index (χ1) is 16.9. The molecule has 0 aromatic heterocycles. The second-order valence-electron chi connectivity index (χ2n) is 9.83. The van der Waals surface area contributed by atoms with Crippen molar-refractivity contribution in [3.8, 4) is 0 Å². The third-order valence-electron chi connectivity index (χ3n) is 7.60. The van der Waals surface area contributed by atoms with Gasteiger partial charge in [0.1, 0.15) is 12.8 Å². The normalized spacial score (nSPS) is 22.9. The van der Waals surface area contributed by atoms with E-state index in [1.165, 1.54) is 32.1 Å². The molecule has 1 aliphatic heterocycles. The zero-order chi connectivity index (χ0) is 25.4. The van der Waals surface area contributed by atoms with E-state index in [1.807, 2.05) is 44.2 Å². The Labute approximate surface area is 217 Å². The molecule has 2 N–H and O–H groups in total. The van der Waals surface area contributed by atoms with Crippen molar-refractivity contribution in [3.63, 3.8) is 0 Å². The molecule has 2 aromatic rings. The Balaban J connectivity index is 0.00000167. The summed E-state index contributed by atoms with van der Waals surface area (Å²) >= 11 is 6.21. The van der Waals surface area contributed by atoms with Crippen LogP contribution in [0.1, 0.15) is 89.1 Å². The van der Waals surface area contributed by atoms with E-state index in [-0.39, 0.29) is 0 Å². The van der Waals surface area contributed by atoms with Gasteiger partial charge in [-0.2, -0.15) is 0 Å². The molecule has 4 nitrogen and oxygen atoms in total. The molecule has 2 aliphatic rings. The first-order valence-electron chi connectivity index (χ1n) is 13.3. The molecule has 0 radical (unpaired) electrons. The zero-order valence-electron chi connectivity index (χ0n) is 21.9. The third-order valence-corrected chi connectivity index (χ3v) is 7.97. The third kappa shape index (κ3) is 6.61. The van der Waals surface area contributed by atoms with Gasteiger partial charge in [0.2, 0.25) is 0 Å². The SMILES string of the molecule is C=C(Nc1ccc(C(O)N2CCCC3(C)CCCCC23)c(CC)c1)OCc1ccccc1Cl.CC. The van der Waals surface area contributed by atoms with Crippen LogP contribution < -0.4 is 5.32 Å². The van der Waals surface area contributed by atoms with Gasteiger partial charge in [0, 0.05) is 28.9 Å². The molecule has 3 unspecified atom stereocenters. The van der Waals surface area contributed by atoms with Gasteiger partial charge in [-0.3, -0.25) is 4.90 Å². The smallest absolute Gasteiger partial charge is 0.184 e. The molecule has 4 rings (SSSR count). The van der Waals surface area contributed by atoms with Crippen LogP contribution in [0, 0.1) is 5.41 Å². The minimum absolute atomic E-state index is 0.335. The Morgan fingerprint density at radius 3 is 2.66 bits per heavy atom. The second kappa shape index (κ2) is 12.8. The Bertz CT molecular complexity index is 975. The van der Waals surface area contributed by atoms with Crippen LogP contribution in [0.4, 0.5) is 5.69 Å². The van der Waals surface area contributed by atoms with Crippen molar-refractivity contribution in [2.45, 2.75) is 91.5 Å². The van der Waals surface area contributed by atoms with E-state index < -0.39 is 6.23 Å². The molecule has 0 amide bonds. The number of ether oxygens (including phenoxy) is 1. The van der Waals surface area contributed by atoms with E-state index in [1.54, 1.807) is 0 Å². The maximum absolute atomic E-state index is 11.5. The Hall–Kier alpha value is -2.01. The van der Waals surface area contributed by atoms with Crippen molar-refractivity contribution >= 4 is 17.3 Å². The summed E-state index contributed by atoms with van der Waals surface area (Å²) in [4.78, 5) is 2.37. The maximum atomic E-state index is 11.5. The Morgan fingerprint density at radius 1 is 1.17 bits per heavy atom. The molecule has 0 spiro atoms. The lowest BCUT2D eigenvalue weighted by molar-refractivity contribution is -0.104. The summed E-state index contributed by atoms with van der Waals surface area (Å²) in [6.45, 7) is 13.9. The fourth-order valence-electron chi connectivity index (χ4n) is 5.75. The number of benzene rings is 2. The van der Waals surface area contributed by atoms with Crippen LogP contribution in [0.2, 0.25) is 5.02 Å². The number of rotatable bonds is 8. The standard InChI is InChI=1S/C28H37ClN2O2.C2H6/c1-4-21-18-23(30-20(2)33-19-22-10-5-6-11-25(22)29)13-14-24(21)27(32)31-17-9-16-28(3)15-8-7-12-26(28)31;1-2/h5-6,10-11,13-14,18,26-27,30,32H,2,4,7-9,12,15-17,19H2,1,3H3;1-2H3. The molecule has 1 heterocycles. The lowest BCUT2D eigenvalue weighted by atomic mass is 9.66. The molecular formula is C30H43ClN2O2. The van der Waals surface area contributed by atoms with E-state index in [0.717, 1.165) is 41.8 Å². The fraction of sp³-hybridized carbons (Fsp3) is 0.533. The molecule has 0 bridgehead atoms. The Kier molecular flexibility index (Phi) is 10.1. The summed E-state index contributed by atoms with van der Waals surface area (Å²) < 4.78 is 5.78. The molecule has 5 heteroatoms. The predicted octanol–water partition coefficient (Wildman–Crippen LogP) is 8.06. The molecule has 2 fully saturated rings. The number of aryl methyl sites for hydroxylation is 1. The molecule has 192 valence electrons. The molecular weight excluding hydrogens is 456 g/mol. The number of likely N-dealkylation sites (tertiary alicyclic amines) is 1. The predicted molar refractivity (Wildman–Crippen MR) is 147 cm³/mol. The highest BCUT2D eigenvalue weighted by Crippen LogP contribution is 2.47. The van der Waals surface area contributed by atoms with E-state index >= 15 is 0 Å². The summed E-state index contributed by atoms with van der Waals surface area (Å²) in [5.74, 6) is 0.472. The molecule has 1 saturated heterocycles. The van der Waals surface area contributed by atoms with Gasteiger partial charge in [-0.05, 0) is 73.4 Å². The number of aliphatic hydroxyl groups is 1. The van der Waals surface area contributed by atoms with Crippen molar-refractivity contribution in [3.05, 3.63) is 76.6 Å². The molecule has 1 aliphatic carbocycles. The van der Waals surface area contributed by atoms with Crippen molar-refractivity contribution < 1.29 is 9.84 Å². The molecule has 1 saturated carbocycles. The van der Waals surface area contributed by atoms with Gasteiger partial charge >= 0.3 is 0 Å². The average molecular weight is 499 g/mol. The summed E-state index contributed by atoms with van der Waals surface area (Å²) in [5.41, 5.74) is 4.33. The number of aliphatic hydroxyl groups excluding tert-OH is 1. The van der Waals surface area contributed by atoms with Gasteiger partial charge in [-0.25, -0.2) is 0 Å². The lowest BCUT2D eigenvalue weighted by Gasteiger charge is -2.52. The van der Waals surface area contributed by atoms with Crippen LogP contribution in [0.15, 0.2) is 54.9 Å². The molecule has 3 atom stereocenters. The van der Waals surface area contributed by atoms with Gasteiger partial charge in [0.25, 0.3) is 0 Å². The van der Waals surface area contributed by atoms with E-state index in [2.05, 4.69) is 42.8 Å². The van der Waals surface area contributed by atoms with Crippen LogP contribution in [-0.2, 0) is 17.8 Å². The van der Waals surface area contributed by atoms with Crippen molar-refractivity contribution in [2.24, 2.45) is 5.41 Å². The van der Waals surface area contributed by atoms with Crippen molar-refractivity contribution in [2.75, 3.05) is 11.9 Å². The summed E-state index contributed by atoms with van der Waals surface area (Å²) in [7, 11) is 0. The number of halogens is 1. The van der Waals surface area contributed by atoms with Crippen LogP contribution in [0.3, 0.4) is 0 Å². The number of hydrogen-bond acceptors (Lipinski definition) is 4. The average Bonchev–Trinajstić information content (AvgIpc) is 2.88. The maximum Gasteiger partial charge on any atom is 0.184 e. The number of anilines is 1. The Morgan fingerprint density at radius 2 is 1.91 bits per heavy atom. The molecule has 2 aromatic carbocycles. The highest BCUT2D eigenvalue weighted by atomic mass is 35.5. The van der Waals surface area contributed by atoms with Crippen molar-refractivity contribution in [1.29, 1.82) is 0 Å². The van der Waals surface area contributed by atoms with Gasteiger partial charge in [-0.15, -0.1) is 0 Å². The minimum atomic E-state index is -0.559. The summed E-state index contributed by atoms with van der Waals surface area (Å²) in [6.07, 6.45) is 7.79.